The molecule has 5 N–H and O–H groups in total. The van der Waals surface area contributed by atoms with Crippen LogP contribution in [0.15, 0.2) is 5.57 Å². The highest BCUT2D eigenvalue weighted by atomic mass is 16.3. The third-order valence-electron chi connectivity index (χ3n) is 2.98. The molecule has 1 aromatic rings. The van der Waals surface area contributed by atoms with E-state index in [9.17, 15) is 35.1 Å². The molecule has 0 saturated heterocycles. The average molecular weight is 266 g/mol. The Morgan fingerprint density at radius 2 is 1.21 bits per heavy atom. The van der Waals surface area contributed by atoms with Gasteiger partial charge >= 0.3 is 0 Å². The van der Waals surface area contributed by atoms with Crippen molar-refractivity contribution in [1.29, 1.82) is 0 Å². The molecule has 2 rings (SSSR count). The van der Waals surface area contributed by atoms with E-state index in [1.54, 1.807) is 0 Å². The van der Waals surface area contributed by atoms with E-state index in [0.29, 0.717) is 0 Å². The molecule has 0 bridgehead atoms. The highest BCUT2D eigenvalue weighted by Gasteiger charge is 2.39. The van der Waals surface area contributed by atoms with Crippen LogP contribution in [0.3, 0.4) is 0 Å². The normalized spacial score (nSPS) is 14.8. The van der Waals surface area contributed by atoms with E-state index in [4.69, 9.17) is 0 Å². The maximum atomic E-state index is 11.8. The third kappa shape index (κ3) is 1.44. The lowest BCUT2D eigenvalue weighted by Gasteiger charge is -2.20. The van der Waals surface area contributed by atoms with E-state index in [2.05, 4.69) is 0 Å². The van der Waals surface area contributed by atoms with Gasteiger partial charge < -0.3 is 25.5 Å². The maximum absolute atomic E-state index is 11.8. The summed E-state index contributed by atoms with van der Waals surface area (Å²) in [5.74, 6) is -7.17. The number of carbonyl (C=O) groups excluding carboxylic acids is 2. The van der Waals surface area contributed by atoms with Crippen LogP contribution in [0.25, 0.3) is 5.76 Å². The fourth-order valence-corrected chi connectivity index (χ4v) is 1.99. The van der Waals surface area contributed by atoms with Crippen LogP contribution in [0.1, 0.15) is 29.3 Å². The largest absolute Gasteiger partial charge is 0.507 e. The van der Waals surface area contributed by atoms with Crippen LogP contribution in [0.5, 0.6) is 23.0 Å². The van der Waals surface area contributed by atoms with Gasteiger partial charge in [0.1, 0.15) is 5.76 Å². The zero-order chi connectivity index (χ0) is 14.5. The molecule has 0 aliphatic heterocycles. The molecule has 0 heterocycles. The number of benzene rings is 1. The lowest BCUT2D eigenvalue weighted by molar-refractivity contribution is -0.112. The van der Waals surface area contributed by atoms with Crippen molar-refractivity contribution < 1.29 is 35.1 Å². The molecule has 7 heteroatoms. The fourth-order valence-electron chi connectivity index (χ4n) is 1.99. The number of phenolic OH excluding ortho intramolecular Hbond substituents is 4. The minimum atomic E-state index is -1.17. The van der Waals surface area contributed by atoms with Crippen molar-refractivity contribution >= 4 is 17.3 Å². The summed E-state index contributed by atoms with van der Waals surface area (Å²) >= 11 is 0. The molecule has 0 atom stereocenters. The number of aliphatic hydroxyl groups excluding tert-OH is 1. The number of allylic oxidation sites excluding steroid dienone is 1. The second-order valence-electron chi connectivity index (χ2n) is 3.98. The number of hydrogen-bond donors (Lipinski definition) is 5. The van der Waals surface area contributed by atoms with Crippen LogP contribution in [0, 0.1) is 0 Å². The van der Waals surface area contributed by atoms with Gasteiger partial charge in [-0.05, 0) is 6.42 Å². The Bertz CT molecular complexity index is 655. The van der Waals surface area contributed by atoms with Crippen molar-refractivity contribution in [3.05, 3.63) is 16.7 Å². The molecule has 0 unspecified atom stereocenters. The van der Waals surface area contributed by atoms with Crippen molar-refractivity contribution in [2.24, 2.45) is 0 Å². The average Bonchev–Trinajstić information content (AvgIpc) is 2.38. The Balaban J connectivity index is 2.98. The molecule has 19 heavy (non-hydrogen) atoms. The smallest absolute Gasteiger partial charge is 0.238 e. The first kappa shape index (κ1) is 12.7. The Kier molecular flexibility index (Phi) is 2.62. The van der Waals surface area contributed by atoms with Crippen molar-refractivity contribution in [2.45, 2.75) is 13.3 Å². The third-order valence-corrected chi connectivity index (χ3v) is 2.98. The van der Waals surface area contributed by atoms with Gasteiger partial charge in [-0.3, -0.25) is 9.59 Å². The summed E-state index contributed by atoms with van der Waals surface area (Å²) in [7, 11) is 0. The van der Waals surface area contributed by atoms with E-state index in [1.807, 2.05) is 0 Å². The summed E-state index contributed by atoms with van der Waals surface area (Å²) < 4.78 is 0. The van der Waals surface area contributed by atoms with E-state index in [-0.39, 0.29) is 12.0 Å². The number of carbonyl (C=O) groups is 2. The second kappa shape index (κ2) is 3.91. The number of fused-ring (bicyclic) bond motifs is 1. The monoisotopic (exact) mass is 266 g/mol. The van der Waals surface area contributed by atoms with Crippen LogP contribution < -0.4 is 0 Å². The summed E-state index contributed by atoms with van der Waals surface area (Å²) in [6.45, 7) is 1.51. The molecule has 0 spiro atoms. The standard InChI is InChI=1S/C12H10O7/c1-2-3-6(13)4-5(8(15)7(3)14)10(17)12(19)11(18)9(4)16/h13,16-19H,2H2,1H3. The first-order chi connectivity index (χ1) is 8.82. The number of ketones is 2. The number of aliphatic hydroxyl groups is 1. The highest BCUT2D eigenvalue weighted by molar-refractivity contribution is 6.53. The minimum absolute atomic E-state index is 0.0255. The summed E-state index contributed by atoms with van der Waals surface area (Å²) in [5, 5.41) is 47.8. The second-order valence-corrected chi connectivity index (χ2v) is 3.98. The molecule has 0 aromatic heterocycles. The molecule has 1 aromatic carbocycles. The zero-order valence-electron chi connectivity index (χ0n) is 9.76. The predicted molar refractivity (Wildman–Crippen MR) is 62.3 cm³/mol. The summed E-state index contributed by atoms with van der Waals surface area (Å²) in [5.41, 5.74) is -1.53. The fraction of sp³-hybridized carbons (Fsp3) is 0.167. The summed E-state index contributed by atoms with van der Waals surface area (Å²) in [4.78, 5) is 23.5. The van der Waals surface area contributed by atoms with Crippen LogP contribution in [0.2, 0.25) is 0 Å². The molecule has 1 aliphatic rings. The molecular formula is C12H10O7. The van der Waals surface area contributed by atoms with Gasteiger partial charge in [-0.1, -0.05) is 6.92 Å². The Hall–Kier alpha value is -2.70. The Morgan fingerprint density at radius 1 is 0.737 bits per heavy atom. The Morgan fingerprint density at radius 3 is 1.68 bits per heavy atom. The number of phenols is 4. The van der Waals surface area contributed by atoms with Crippen molar-refractivity contribution in [3.63, 3.8) is 0 Å². The van der Waals surface area contributed by atoms with E-state index in [0.717, 1.165) is 0 Å². The molecule has 0 amide bonds. The lowest BCUT2D eigenvalue weighted by Crippen LogP contribution is -2.24. The molecule has 7 nitrogen and oxygen atoms in total. The quantitative estimate of drug-likeness (QED) is 0.290. The van der Waals surface area contributed by atoms with Crippen LogP contribution in [-0.2, 0) is 4.79 Å². The van der Waals surface area contributed by atoms with E-state index in [1.165, 1.54) is 6.92 Å². The number of rotatable bonds is 1. The maximum Gasteiger partial charge on any atom is 0.238 e. The highest BCUT2D eigenvalue weighted by Crippen LogP contribution is 2.51. The van der Waals surface area contributed by atoms with Crippen LogP contribution >= 0.6 is 0 Å². The van der Waals surface area contributed by atoms with Gasteiger partial charge in [0.2, 0.25) is 23.1 Å². The van der Waals surface area contributed by atoms with Crippen molar-refractivity contribution in [3.8, 4) is 23.0 Å². The van der Waals surface area contributed by atoms with Gasteiger partial charge in [0, 0.05) is 5.57 Å². The molecule has 0 radical (unpaired) electrons. The molecule has 100 valence electrons. The van der Waals surface area contributed by atoms with Gasteiger partial charge in [-0.15, -0.1) is 0 Å². The summed E-state index contributed by atoms with van der Waals surface area (Å²) in [6.07, 6.45) is 0.0255. The zero-order valence-corrected chi connectivity index (χ0v) is 9.76. The van der Waals surface area contributed by atoms with Gasteiger partial charge in [0.15, 0.2) is 11.5 Å². The lowest BCUT2D eigenvalue weighted by atomic mass is 9.85. The van der Waals surface area contributed by atoms with Gasteiger partial charge in [-0.25, -0.2) is 0 Å². The van der Waals surface area contributed by atoms with Crippen LogP contribution in [-0.4, -0.2) is 37.1 Å². The topological polar surface area (TPSA) is 135 Å². The molecule has 0 fully saturated rings. The summed E-state index contributed by atoms with van der Waals surface area (Å²) in [6, 6.07) is 0. The predicted octanol–water partition coefficient (Wildman–Crippen LogP) is 0.954. The van der Waals surface area contributed by atoms with Gasteiger partial charge in [0.05, 0.1) is 11.1 Å². The van der Waals surface area contributed by atoms with E-state index >= 15 is 0 Å². The number of aromatic hydroxyl groups is 4. The van der Waals surface area contributed by atoms with Gasteiger partial charge in [0.25, 0.3) is 0 Å². The SMILES string of the molecule is CCC1=C(O)c2c(O)c(O)c(O)c(O)c2C(=O)C1=O. The Labute approximate surface area is 106 Å². The first-order valence-corrected chi connectivity index (χ1v) is 5.34. The van der Waals surface area contributed by atoms with Crippen LogP contribution in [0.4, 0.5) is 0 Å². The first-order valence-electron chi connectivity index (χ1n) is 5.34. The molecule has 0 saturated carbocycles. The molecular weight excluding hydrogens is 256 g/mol. The minimum Gasteiger partial charge on any atom is -0.507 e. The van der Waals surface area contributed by atoms with Crippen molar-refractivity contribution in [1.82, 2.24) is 0 Å². The van der Waals surface area contributed by atoms with E-state index < -0.39 is 51.5 Å². The number of hydrogen-bond acceptors (Lipinski definition) is 7. The van der Waals surface area contributed by atoms with Gasteiger partial charge in [-0.2, -0.15) is 0 Å². The number of Topliss-reactive ketones (excluding diaryl/α,β-unsaturated/α-hetero) is 2. The van der Waals surface area contributed by atoms with Crippen molar-refractivity contribution in [2.75, 3.05) is 0 Å². The molecule has 1 aliphatic carbocycles.